The topological polar surface area (TPSA) is 44.1 Å². The second kappa shape index (κ2) is 3.59. The highest BCUT2D eigenvalue weighted by atomic mass is 35.5. The van der Waals surface area contributed by atoms with Crippen LogP contribution < -0.4 is 0 Å². The monoisotopic (exact) mass is 172 g/mol. The van der Waals surface area contributed by atoms with Crippen LogP contribution in [0.4, 0.5) is 4.79 Å². The number of nitrogens with zero attached hydrogens (tertiary/aromatic N) is 2. The van der Waals surface area contributed by atoms with Gasteiger partial charge < -0.3 is 4.90 Å². The highest BCUT2D eigenvalue weighted by Gasteiger charge is 2.20. The van der Waals surface area contributed by atoms with Gasteiger partial charge in [0.2, 0.25) is 0 Å². The zero-order chi connectivity index (χ0) is 8.27. The Morgan fingerprint density at radius 1 is 1.55 bits per heavy atom. The van der Waals surface area contributed by atoms with E-state index in [2.05, 4.69) is 6.07 Å². The quantitative estimate of drug-likeness (QED) is 0.411. The Bertz CT molecular complexity index is 191. The van der Waals surface area contributed by atoms with Crippen molar-refractivity contribution in [3.8, 4) is 6.07 Å². The standard InChI is InChI=1S/C7H9ClN2O/c8-7(11)10-3-1-6(5-9)2-4-10/h6H,1-4H2. The fraction of sp³-hybridized carbons (Fsp3) is 0.714. The summed E-state index contributed by atoms with van der Waals surface area (Å²) in [7, 11) is 0. The van der Waals surface area contributed by atoms with Crippen LogP contribution in [0.3, 0.4) is 0 Å². The number of amides is 1. The minimum absolute atomic E-state index is 0.113. The molecule has 1 rings (SSSR count). The molecule has 0 aliphatic carbocycles. The molecule has 0 atom stereocenters. The Labute approximate surface area is 70.5 Å². The van der Waals surface area contributed by atoms with E-state index in [9.17, 15) is 4.79 Å². The normalized spacial score (nSPS) is 19.5. The van der Waals surface area contributed by atoms with Crippen LogP contribution in [0.15, 0.2) is 0 Å². The third kappa shape index (κ3) is 2.09. The molecule has 1 saturated heterocycles. The summed E-state index contributed by atoms with van der Waals surface area (Å²) in [6.45, 7) is 1.25. The summed E-state index contributed by atoms with van der Waals surface area (Å²) in [4.78, 5) is 12.2. The molecule has 0 N–H and O–H groups in total. The van der Waals surface area contributed by atoms with Crippen LogP contribution in [0.2, 0.25) is 0 Å². The van der Waals surface area contributed by atoms with Gasteiger partial charge in [-0.25, -0.2) is 0 Å². The maximum Gasteiger partial charge on any atom is 0.316 e. The zero-order valence-corrected chi connectivity index (χ0v) is 6.84. The molecule has 0 aromatic rings. The van der Waals surface area contributed by atoms with Crippen LogP contribution in [0.1, 0.15) is 12.8 Å². The van der Waals surface area contributed by atoms with Crippen LogP contribution in [0.25, 0.3) is 0 Å². The first-order valence-corrected chi connectivity index (χ1v) is 3.96. The SMILES string of the molecule is N#CC1CCN(C(=O)Cl)CC1. The molecule has 1 aliphatic heterocycles. The van der Waals surface area contributed by atoms with E-state index in [1.807, 2.05) is 0 Å². The summed E-state index contributed by atoms with van der Waals surface area (Å²) < 4.78 is 0. The fourth-order valence-corrected chi connectivity index (χ4v) is 1.35. The first-order chi connectivity index (χ1) is 5.24. The number of hydrogen-bond acceptors (Lipinski definition) is 2. The molecule has 0 aromatic heterocycles. The Morgan fingerprint density at radius 2 is 2.09 bits per heavy atom. The lowest BCUT2D eigenvalue weighted by atomic mass is 9.99. The van der Waals surface area contributed by atoms with Gasteiger partial charge in [0.15, 0.2) is 0 Å². The van der Waals surface area contributed by atoms with Gasteiger partial charge in [0.25, 0.3) is 0 Å². The van der Waals surface area contributed by atoms with E-state index in [0.717, 1.165) is 12.8 Å². The van der Waals surface area contributed by atoms with Crippen molar-refractivity contribution in [2.75, 3.05) is 13.1 Å². The predicted octanol–water partition coefficient (Wildman–Crippen LogP) is 1.58. The minimum atomic E-state index is -0.401. The third-order valence-corrected chi connectivity index (χ3v) is 2.17. The molecule has 1 fully saturated rings. The molecule has 1 aliphatic rings. The molecule has 0 aromatic carbocycles. The maximum atomic E-state index is 10.6. The van der Waals surface area contributed by atoms with Crippen LogP contribution in [-0.2, 0) is 0 Å². The number of hydrogen-bond donors (Lipinski definition) is 0. The summed E-state index contributed by atoms with van der Waals surface area (Å²) in [5.41, 5.74) is 0. The summed E-state index contributed by atoms with van der Waals surface area (Å²) in [6.07, 6.45) is 1.52. The average Bonchev–Trinajstić information content (AvgIpc) is 2.05. The van der Waals surface area contributed by atoms with E-state index in [4.69, 9.17) is 16.9 Å². The number of likely N-dealkylation sites (tertiary alicyclic amines) is 1. The Kier molecular flexibility index (Phi) is 2.72. The number of halogens is 1. The smallest absolute Gasteiger partial charge is 0.316 e. The third-order valence-electron chi connectivity index (χ3n) is 1.93. The van der Waals surface area contributed by atoms with Gasteiger partial charge in [-0.15, -0.1) is 0 Å². The van der Waals surface area contributed by atoms with Gasteiger partial charge in [-0.2, -0.15) is 5.26 Å². The van der Waals surface area contributed by atoms with E-state index >= 15 is 0 Å². The Hall–Kier alpha value is -0.750. The maximum absolute atomic E-state index is 10.6. The van der Waals surface area contributed by atoms with Crippen molar-refractivity contribution in [2.45, 2.75) is 12.8 Å². The summed E-state index contributed by atoms with van der Waals surface area (Å²) in [5, 5.41) is 8.13. The van der Waals surface area contributed by atoms with E-state index in [-0.39, 0.29) is 5.92 Å². The van der Waals surface area contributed by atoms with E-state index in [0.29, 0.717) is 13.1 Å². The Morgan fingerprint density at radius 3 is 2.45 bits per heavy atom. The summed E-state index contributed by atoms with van der Waals surface area (Å²) >= 11 is 5.25. The van der Waals surface area contributed by atoms with Crippen molar-refractivity contribution in [1.29, 1.82) is 5.26 Å². The van der Waals surface area contributed by atoms with Crippen molar-refractivity contribution in [3.63, 3.8) is 0 Å². The number of carbonyl (C=O) groups excluding carboxylic acids is 1. The largest absolute Gasteiger partial charge is 0.329 e. The number of nitriles is 1. The molecule has 0 unspecified atom stereocenters. The molecule has 60 valence electrons. The molecule has 3 nitrogen and oxygen atoms in total. The molecule has 0 bridgehead atoms. The van der Waals surface area contributed by atoms with Crippen molar-refractivity contribution in [1.82, 2.24) is 4.90 Å². The lowest BCUT2D eigenvalue weighted by Gasteiger charge is -2.26. The lowest BCUT2D eigenvalue weighted by molar-refractivity contribution is 0.201. The molecule has 11 heavy (non-hydrogen) atoms. The summed E-state index contributed by atoms with van der Waals surface area (Å²) in [6, 6.07) is 2.18. The van der Waals surface area contributed by atoms with Gasteiger partial charge in [0, 0.05) is 19.0 Å². The lowest BCUT2D eigenvalue weighted by Crippen LogP contribution is -2.34. The highest BCUT2D eigenvalue weighted by molar-refractivity contribution is 6.62. The van der Waals surface area contributed by atoms with Crippen molar-refractivity contribution in [2.24, 2.45) is 5.92 Å². The molecule has 1 amide bonds. The molecule has 1 heterocycles. The van der Waals surface area contributed by atoms with Crippen LogP contribution >= 0.6 is 11.6 Å². The van der Waals surface area contributed by atoms with Gasteiger partial charge in [0.1, 0.15) is 0 Å². The second-order valence-corrected chi connectivity index (χ2v) is 2.97. The van der Waals surface area contributed by atoms with E-state index in [1.165, 1.54) is 0 Å². The van der Waals surface area contributed by atoms with Gasteiger partial charge >= 0.3 is 5.37 Å². The first-order valence-electron chi connectivity index (χ1n) is 3.58. The fourth-order valence-electron chi connectivity index (χ4n) is 1.18. The average molecular weight is 173 g/mol. The molecule has 4 heteroatoms. The molecule has 0 spiro atoms. The second-order valence-electron chi connectivity index (χ2n) is 2.64. The minimum Gasteiger partial charge on any atom is -0.329 e. The molecular formula is C7H9ClN2O. The number of carbonyl (C=O) groups is 1. The van der Waals surface area contributed by atoms with E-state index < -0.39 is 5.37 Å². The van der Waals surface area contributed by atoms with E-state index in [1.54, 1.807) is 4.90 Å². The van der Waals surface area contributed by atoms with Crippen molar-refractivity contribution >= 4 is 17.0 Å². The molecule has 0 saturated carbocycles. The predicted molar refractivity (Wildman–Crippen MR) is 41.2 cm³/mol. The first kappa shape index (κ1) is 8.35. The van der Waals surface area contributed by atoms with Crippen LogP contribution in [-0.4, -0.2) is 23.4 Å². The highest BCUT2D eigenvalue weighted by Crippen LogP contribution is 2.16. The Balaban J connectivity index is 2.37. The number of rotatable bonds is 0. The van der Waals surface area contributed by atoms with Crippen LogP contribution in [0, 0.1) is 17.2 Å². The number of piperidine rings is 1. The molecular weight excluding hydrogens is 164 g/mol. The zero-order valence-electron chi connectivity index (χ0n) is 6.09. The molecule has 0 radical (unpaired) electrons. The van der Waals surface area contributed by atoms with Gasteiger partial charge in [-0.05, 0) is 24.4 Å². The van der Waals surface area contributed by atoms with Crippen molar-refractivity contribution in [3.05, 3.63) is 0 Å². The summed E-state index contributed by atoms with van der Waals surface area (Å²) in [5.74, 6) is 0.113. The van der Waals surface area contributed by atoms with Crippen molar-refractivity contribution < 1.29 is 4.79 Å². The van der Waals surface area contributed by atoms with Gasteiger partial charge in [-0.3, -0.25) is 4.79 Å². The van der Waals surface area contributed by atoms with Gasteiger partial charge in [-0.1, -0.05) is 0 Å². The van der Waals surface area contributed by atoms with Gasteiger partial charge in [0.05, 0.1) is 6.07 Å². The van der Waals surface area contributed by atoms with Crippen LogP contribution in [0.5, 0.6) is 0 Å².